The molecule has 2 amide bonds. The van der Waals surface area contributed by atoms with Crippen molar-refractivity contribution < 1.29 is 14.3 Å². The van der Waals surface area contributed by atoms with Crippen molar-refractivity contribution in [2.24, 2.45) is 5.92 Å². The van der Waals surface area contributed by atoms with Gasteiger partial charge in [0, 0.05) is 36.4 Å². The van der Waals surface area contributed by atoms with Gasteiger partial charge in [0.1, 0.15) is 5.75 Å². The largest absolute Gasteiger partial charge is 0.497 e. The Morgan fingerprint density at radius 3 is 2.58 bits per heavy atom. The summed E-state index contributed by atoms with van der Waals surface area (Å²) in [5.41, 5.74) is 9.37. The normalized spacial score (nSPS) is 21.7. The van der Waals surface area contributed by atoms with Gasteiger partial charge in [0.15, 0.2) is 5.78 Å². The maximum absolute atomic E-state index is 12.7. The predicted molar refractivity (Wildman–Crippen MR) is 120 cm³/mol. The maximum Gasteiger partial charge on any atom is 0.321 e. The molecule has 0 aromatic heterocycles. The number of hydrogen-bond acceptors (Lipinski definition) is 5. The van der Waals surface area contributed by atoms with E-state index in [0.29, 0.717) is 23.2 Å². The van der Waals surface area contributed by atoms with Crippen molar-refractivity contribution in [1.29, 1.82) is 0 Å². The molecule has 2 heterocycles. The molecule has 2 fully saturated rings. The molecule has 2 aliphatic rings. The first kappa shape index (κ1) is 21.3. The Morgan fingerprint density at radius 2 is 1.84 bits per heavy atom. The number of Topliss-reactive ketones (excluding diaryl/α,β-unsaturated/α-hetero) is 1. The minimum absolute atomic E-state index is 0.0122. The Labute approximate surface area is 183 Å². The molecule has 0 aliphatic carbocycles. The predicted octanol–water partition coefficient (Wildman–Crippen LogP) is 3.75. The van der Waals surface area contributed by atoms with Crippen molar-refractivity contribution in [3.63, 3.8) is 0 Å². The maximum atomic E-state index is 12.7. The van der Waals surface area contributed by atoms with E-state index in [4.69, 9.17) is 4.74 Å². The standard InChI is InChI=1S/C24H30N4O3/c1-16(29)18-5-3-7-20(13-18)25-24(30)28-11-9-17(10-12-28)22-15-23(27-26-22)19-6-4-8-21(14-19)31-2/h3-8,13-14,17,22-23,26-27H,9-12,15H2,1-2H3,(H,25,30). The van der Waals surface area contributed by atoms with Crippen LogP contribution >= 0.6 is 0 Å². The van der Waals surface area contributed by atoms with Crippen LogP contribution in [0.1, 0.15) is 48.1 Å². The lowest BCUT2D eigenvalue weighted by Crippen LogP contribution is -2.45. The zero-order valence-electron chi connectivity index (χ0n) is 18.1. The number of benzene rings is 2. The number of hydrazine groups is 1. The van der Waals surface area contributed by atoms with E-state index in [9.17, 15) is 9.59 Å². The quantitative estimate of drug-likeness (QED) is 0.640. The van der Waals surface area contributed by atoms with Gasteiger partial charge < -0.3 is 15.0 Å². The lowest BCUT2D eigenvalue weighted by atomic mass is 9.86. The summed E-state index contributed by atoms with van der Waals surface area (Å²) in [5.74, 6) is 1.38. The van der Waals surface area contributed by atoms with Gasteiger partial charge in [0.2, 0.25) is 0 Å². The van der Waals surface area contributed by atoms with Gasteiger partial charge in [0.25, 0.3) is 0 Å². The van der Waals surface area contributed by atoms with E-state index in [2.05, 4.69) is 28.3 Å². The fraction of sp³-hybridized carbons (Fsp3) is 0.417. The van der Waals surface area contributed by atoms with Gasteiger partial charge in [0.05, 0.1) is 7.11 Å². The zero-order chi connectivity index (χ0) is 21.8. The molecule has 0 spiro atoms. The van der Waals surface area contributed by atoms with Gasteiger partial charge in [-0.25, -0.2) is 4.79 Å². The van der Waals surface area contributed by atoms with Crippen LogP contribution < -0.4 is 20.9 Å². The highest BCUT2D eigenvalue weighted by Gasteiger charge is 2.34. The molecular weight excluding hydrogens is 392 g/mol. The number of rotatable bonds is 5. The Morgan fingerprint density at radius 1 is 1.06 bits per heavy atom. The molecule has 2 aliphatic heterocycles. The SMILES string of the molecule is COc1cccc(C2CC(C3CCN(C(=O)Nc4cccc(C(C)=O)c4)CC3)NN2)c1. The van der Waals surface area contributed by atoms with Crippen LogP contribution in [0.3, 0.4) is 0 Å². The second-order valence-electron chi connectivity index (χ2n) is 8.35. The van der Waals surface area contributed by atoms with Crippen LogP contribution in [-0.2, 0) is 0 Å². The molecule has 2 saturated heterocycles. The van der Waals surface area contributed by atoms with Crippen LogP contribution in [-0.4, -0.2) is 43.0 Å². The first-order valence-electron chi connectivity index (χ1n) is 10.9. The Bertz CT molecular complexity index is 940. The number of ether oxygens (including phenoxy) is 1. The van der Waals surface area contributed by atoms with E-state index in [1.54, 1.807) is 25.3 Å². The van der Waals surface area contributed by atoms with Crippen molar-refractivity contribution in [1.82, 2.24) is 15.8 Å². The first-order chi connectivity index (χ1) is 15.0. The van der Waals surface area contributed by atoms with Gasteiger partial charge in [-0.05, 0) is 61.9 Å². The number of hydrogen-bond donors (Lipinski definition) is 3. The molecule has 0 saturated carbocycles. The summed E-state index contributed by atoms with van der Waals surface area (Å²) in [7, 11) is 1.69. The molecule has 2 aromatic carbocycles. The fourth-order valence-electron chi connectivity index (χ4n) is 4.49. The van der Waals surface area contributed by atoms with Crippen LogP contribution in [0.4, 0.5) is 10.5 Å². The minimum Gasteiger partial charge on any atom is -0.497 e. The zero-order valence-corrected chi connectivity index (χ0v) is 18.1. The van der Waals surface area contributed by atoms with E-state index < -0.39 is 0 Å². The number of carbonyl (C=O) groups is 2. The van der Waals surface area contributed by atoms with E-state index in [1.165, 1.54) is 12.5 Å². The van der Waals surface area contributed by atoms with Crippen LogP contribution in [0.2, 0.25) is 0 Å². The molecule has 7 heteroatoms. The number of urea groups is 1. The molecule has 0 radical (unpaired) electrons. The molecule has 31 heavy (non-hydrogen) atoms. The Balaban J connectivity index is 1.28. The third-order valence-corrected chi connectivity index (χ3v) is 6.34. The van der Waals surface area contributed by atoms with E-state index in [0.717, 1.165) is 38.1 Å². The summed E-state index contributed by atoms with van der Waals surface area (Å²) in [4.78, 5) is 26.1. The van der Waals surface area contributed by atoms with Crippen LogP contribution in [0.5, 0.6) is 5.75 Å². The van der Waals surface area contributed by atoms with Crippen molar-refractivity contribution in [3.05, 3.63) is 59.7 Å². The topological polar surface area (TPSA) is 82.7 Å². The van der Waals surface area contributed by atoms with Gasteiger partial charge in [-0.3, -0.25) is 15.6 Å². The summed E-state index contributed by atoms with van der Waals surface area (Å²) in [5, 5.41) is 2.93. The highest BCUT2D eigenvalue weighted by atomic mass is 16.5. The lowest BCUT2D eigenvalue weighted by molar-refractivity contribution is 0.101. The smallest absolute Gasteiger partial charge is 0.321 e. The van der Waals surface area contributed by atoms with Crippen LogP contribution in [0, 0.1) is 5.92 Å². The van der Waals surface area contributed by atoms with Crippen molar-refractivity contribution in [3.8, 4) is 5.75 Å². The van der Waals surface area contributed by atoms with E-state index in [-0.39, 0.29) is 17.9 Å². The second-order valence-corrected chi connectivity index (χ2v) is 8.35. The number of amides is 2. The third kappa shape index (κ3) is 5.06. The molecule has 2 aromatic rings. The van der Waals surface area contributed by atoms with Crippen molar-refractivity contribution in [2.45, 2.75) is 38.3 Å². The summed E-state index contributed by atoms with van der Waals surface area (Å²) in [6, 6.07) is 15.8. The molecule has 2 unspecified atom stereocenters. The van der Waals surface area contributed by atoms with Crippen LogP contribution in [0.15, 0.2) is 48.5 Å². The number of ketones is 1. The highest BCUT2D eigenvalue weighted by molar-refractivity contribution is 5.96. The van der Waals surface area contributed by atoms with Crippen LogP contribution in [0.25, 0.3) is 0 Å². The number of likely N-dealkylation sites (tertiary alicyclic amines) is 1. The van der Waals surface area contributed by atoms with E-state index >= 15 is 0 Å². The number of methoxy groups -OCH3 is 1. The molecule has 3 N–H and O–H groups in total. The van der Waals surface area contributed by atoms with Gasteiger partial charge in [-0.1, -0.05) is 24.3 Å². The minimum atomic E-state index is -0.106. The third-order valence-electron chi connectivity index (χ3n) is 6.34. The number of anilines is 1. The monoisotopic (exact) mass is 422 g/mol. The number of nitrogens with zero attached hydrogens (tertiary/aromatic N) is 1. The molecule has 0 bridgehead atoms. The highest BCUT2D eigenvalue weighted by Crippen LogP contribution is 2.31. The number of carbonyl (C=O) groups excluding carboxylic acids is 2. The Hall–Kier alpha value is -2.90. The fourth-order valence-corrected chi connectivity index (χ4v) is 4.49. The number of nitrogens with one attached hydrogen (secondary N) is 3. The second kappa shape index (κ2) is 9.49. The molecule has 164 valence electrons. The molecule has 2 atom stereocenters. The molecule has 4 rings (SSSR count). The van der Waals surface area contributed by atoms with E-state index in [1.807, 2.05) is 23.1 Å². The summed E-state index contributed by atoms with van der Waals surface area (Å²) >= 11 is 0. The van der Waals surface area contributed by atoms with Crippen molar-refractivity contribution in [2.75, 3.05) is 25.5 Å². The average Bonchev–Trinajstić information content (AvgIpc) is 3.30. The summed E-state index contributed by atoms with van der Waals surface area (Å²) in [6.07, 6.45) is 2.94. The molecule has 7 nitrogen and oxygen atoms in total. The van der Waals surface area contributed by atoms with Gasteiger partial charge in [-0.15, -0.1) is 0 Å². The average molecular weight is 423 g/mol. The first-order valence-corrected chi connectivity index (χ1v) is 10.9. The van der Waals surface area contributed by atoms with Gasteiger partial charge >= 0.3 is 6.03 Å². The molecular formula is C24H30N4O3. The lowest BCUT2D eigenvalue weighted by Gasteiger charge is -2.34. The Kier molecular flexibility index (Phi) is 6.53. The summed E-state index contributed by atoms with van der Waals surface area (Å²) < 4.78 is 5.34. The van der Waals surface area contributed by atoms with Crippen molar-refractivity contribution >= 4 is 17.5 Å². The van der Waals surface area contributed by atoms with Gasteiger partial charge in [-0.2, -0.15) is 0 Å². The summed E-state index contributed by atoms with van der Waals surface area (Å²) in [6.45, 7) is 2.98. The number of piperidine rings is 1.